The number of hydrogen-bond acceptors (Lipinski definition) is 8. The largest absolute Gasteiger partial charge is 0.507 e. The molecule has 11 nitrogen and oxygen atoms in total. The molecule has 2 saturated heterocycles. The average molecular weight is 805 g/mol. The van der Waals surface area contributed by atoms with Gasteiger partial charge in [0.1, 0.15) is 17.3 Å². The molecule has 3 fully saturated rings. The Balaban J connectivity index is 1.12. The number of carbonyl (C=O) groups is 5. The van der Waals surface area contributed by atoms with Crippen LogP contribution in [0.4, 0.5) is 5.82 Å². The van der Waals surface area contributed by atoms with Gasteiger partial charge >= 0.3 is 5.97 Å². The van der Waals surface area contributed by atoms with Crippen LogP contribution in [0.3, 0.4) is 0 Å². The van der Waals surface area contributed by atoms with E-state index in [2.05, 4.69) is 0 Å². The number of nitrogens with zero attached hydrogens (tertiary/aromatic N) is 4. The van der Waals surface area contributed by atoms with Crippen LogP contribution in [0.1, 0.15) is 62.5 Å². The zero-order chi connectivity index (χ0) is 40.1. The van der Waals surface area contributed by atoms with Gasteiger partial charge in [-0.3, -0.25) is 33.6 Å². The molecule has 4 heterocycles. The Bertz CT molecular complexity index is 2610. The van der Waals surface area contributed by atoms with E-state index in [9.17, 15) is 24.3 Å². The number of aromatic hydroxyl groups is 1. The number of aliphatic carboxylic acids is 1. The molecule has 9 rings (SSSR count). The van der Waals surface area contributed by atoms with Gasteiger partial charge in [-0.1, -0.05) is 66.1 Å². The number of carboxylic acid groups (broad SMARTS) is 1. The fourth-order valence-electron chi connectivity index (χ4n) is 10.3. The normalized spacial score (nSPS) is 25.7. The van der Waals surface area contributed by atoms with E-state index in [0.717, 1.165) is 31.5 Å². The Labute approximate surface area is 337 Å². The second-order valence-corrected chi connectivity index (χ2v) is 17.6. The number of thiophene rings is 1. The van der Waals surface area contributed by atoms with E-state index in [1.165, 1.54) is 9.80 Å². The lowest BCUT2D eigenvalue weighted by Crippen LogP contribution is -2.49. The quantitative estimate of drug-likeness (QED) is 0.0865. The van der Waals surface area contributed by atoms with Crippen LogP contribution >= 0.6 is 22.9 Å². The molecular formula is C44H41ClN4O7S. The molecule has 0 radical (unpaired) electrons. The second-order valence-electron chi connectivity index (χ2n) is 16.1. The van der Waals surface area contributed by atoms with Crippen molar-refractivity contribution >= 4 is 79.2 Å². The van der Waals surface area contributed by atoms with Gasteiger partial charge in [0.2, 0.25) is 23.6 Å². The smallest absolute Gasteiger partial charge is 0.303 e. The molecule has 2 aliphatic heterocycles. The topological polar surface area (TPSA) is 150 Å². The lowest BCUT2D eigenvalue weighted by molar-refractivity contribution is -0.141. The second kappa shape index (κ2) is 13.7. The monoisotopic (exact) mass is 804 g/mol. The van der Waals surface area contributed by atoms with E-state index in [1.807, 2.05) is 74.5 Å². The Morgan fingerprint density at radius 3 is 2.54 bits per heavy atom. The average Bonchev–Trinajstić information content (AvgIpc) is 3.85. The summed E-state index contributed by atoms with van der Waals surface area (Å²) < 4.78 is 2.59. The number of likely N-dealkylation sites (tertiary alicyclic amines) is 1. The number of carbonyl (C=O) groups excluding carboxylic acids is 4. The lowest BCUT2D eigenvalue weighted by Gasteiger charge is -2.49. The van der Waals surface area contributed by atoms with Crippen molar-refractivity contribution in [3.8, 4) is 16.3 Å². The lowest BCUT2D eigenvalue weighted by atomic mass is 9.51. The minimum atomic E-state index is -1.35. The van der Waals surface area contributed by atoms with Gasteiger partial charge in [-0.25, -0.2) is 4.90 Å². The molecule has 2 aliphatic carbocycles. The predicted octanol–water partition coefficient (Wildman–Crippen LogP) is 8.00. The van der Waals surface area contributed by atoms with Crippen LogP contribution in [0.25, 0.3) is 31.4 Å². The van der Waals surface area contributed by atoms with Crippen LogP contribution in [-0.4, -0.2) is 61.0 Å². The molecule has 57 heavy (non-hydrogen) atoms. The van der Waals surface area contributed by atoms with Crippen molar-refractivity contribution in [1.29, 1.82) is 0 Å². The zero-order valence-corrected chi connectivity index (χ0v) is 33.3. The van der Waals surface area contributed by atoms with Crippen molar-refractivity contribution in [2.45, 2.75) is 58.3 Å². The summed E-state index contributed by atoms with van der Waals surface area (Å²) in [6.45, 7) is 4.00. The number of imide groups is 2. The molecule has 0 bridgehead atoms. The summed E-state index contributed by atoms with van der Waals surface area (Å²) in [6, 6.07) is 18.7. The van der Waals surface area contributed by atoms with Crippen LogP contribution in [-0.2, 0) is 31.0 Å². The number of rotatable bonds is 9. The fraction of sp³-hybridized carbons (Fsp3) is 0.364. The van der Waals surface area contributed by atoms with Crippen molar-refractivity contribution in [2.75, 3.05) is 11.4 Å². The maximum Gasteiger partial charge on any atom is 0.303 e. The number of allylic oxidation sites excluding steroid dienone is 2. The molecule has 0 spiro atoms. The maximum atomic E-state index is 15.2. The van der Waals surface area contributed by atoms with Gasteiger partial charge in [-0.2, -0.15) is 5.10 Å². The van der Waals surface area contributed by atoms with Gasteiger partial charge in [-0.05, 0) is 80.0 Å². The van der Waals surface area contributed by atoms with E-state index >= 15 is 4.79 Å². The zero-order valence-electron chi connectivity index (χ0n) is 31.7. The van der Waals surface area contributed by atoms with Crippen molar-refractivity contribution in [1.82, 2.24) is 14.7 Å². The number of aryl methyl sites for hydroxylation is 2. The maximum absolute atomic E-state index is 15.2. The van der Waals surface area contributed by atoms with Gasteiger partial charge in [0.05, 0.1) is 28.0 Å². The Morgan fingerprint density at radius 1 is 0.965 bits per heavy atom. The number of fused-ring (bicyclic) bond motifs is 6. The van der Waals surface area contributed by atoms with E-state index < -0.39 is 52.8 Å². The molecule has 3 aromatic carbocycles. The highest BCUT2D eigenvalue weighted by atomic mass is 35.5. The minimum absolute atomic E-state index is 0.0143. The summed E-state index contributed by atoms with van der Waals surface area (Å²) in [5, 5.41) is 28.9. The number of hydrogen-bond donors (Lipinski definition) is 2. The Morgan fingerprint density at radius 2 is 1.75 bits per heavy atom. The highest BCUT2D eigenvalue weighted by Crippen LogP contribution is 2.64. The van der Waals surface area contributed by atoms with E-state index in [1.54, 1.807) is 29.1 Å². The molecule has 4 aliphatic rings. The number of unbranched alkanes of at least 4 members (excludes halogenated alkanes) is 2. The predicted molar refractivity (Wildman–Crippen MR) is 217 cm³/mol. The third-order valence-corrected chi connectivity index (χ3v) is 14.6. The molecule has 0 unspecified atom stereocenters. The summed E-state index contributed by atoms with van der Waals surface area (Å²) in [7, 11) is 1.71. The molecule has 292 valence electrons. The number of halogens is 1. The molecule has 1 saturated carbocycles. The molecule has 13 heteroatoms. The number of carboxylic acids is 1. The first-order chi connectivity index (χ1) is 27.3. The standard InChI is InChI=1S/C44H41ClN4O7S/c1-22-29-19-24(45)13-17-33(29)57-39(22)32-21-34(47(3)46-32)49-41(54)31-20-30-26(15-16-27-36(30)42(55)48(40(27)53)18-8-4-5-11-35(50)51)37(44(31,2)43(49)56)28-14-12-23-9-6-7-10-25(23)38(28)52/h6-7,9-10,12-15,17,19,21,27,30-31,36-37,52H,4-5,8,11,16,18,20H2,1-3H3,(H,50,51)/t27-,30+,31-,36-,37+,44+/m0/s1. The van der Waals surface area contributed by atoms with Gasteiger partial charge in [0, 0.05) is 52.7 Å². The third-order valence-electron chi connectivity index (χ3n) is 13.1. The molecular weight excluding hydrogens is 764 g/mol. The Kier molecular flexibility index (Phi) is 8.93. The summed E-state index contributed by atoms with van der Waals surface area (Å²) in [5.41, 5.74) is 1.54. The first-order valence-electron chi connectivity index (χ1n) is 19.4. The third kappa shape index (κ3) is 5.58. The molecule has 4 amide bonds. The van der Waals surface area contributed by atoms with Crippen molar-refractivity contribution in [3.63, 3.8) is 0 Å². The molecule has 5 aromatic rings. The number of phenols is 1. The molecule has 2 N–H and O–H groups in total. The van der Waals surface area contributed by atoms with Gasteiger partial charge in [0.25, 0.3) is 0 Å². The minimum Gasteiger partial charge on any atom is -0.507 e. The van der Waals surface area contributed by atoms with Crippen molar-refractivity contribution < 1.29 is 34.2 Å². The number of anilines is 1. The van der Waals surface area contributed by atoms with Crippen LogP contribution in [0.5, 0.6) is 5.75 Å². The SMILES string of the molecule is Cc1c(-c2cc(N3C(=O)[C@@H]4C[C@@H]5C(=CC[C@@H]6C(=O)N(CCCCCC(=O)O)C(=O)[C@@H]65)[C@H](c5ccc6ccccc6c5O)[C@]4(C)C3=O)n(C)n2)sc2ccc(Cl)cc12. The summed E-state index contributed by atoms with van der Waals surface area (Å²) in [6.07, 6.45) is 3.98. The van der Waals surface area contributed by atoms with Crippen LogP contribution in [0.15, 0.2) is 72.3 Å². The van der Waals surface area contributed by atoms with E-state index in [-0.39, 0.29) is 37.0 Å². The van der Waals surface area contributed by atoms with Crippen molar-refractivity contribution in [2.24, 2.45) is 36.1 Å². The van der Waals surface area contributed by atoms with E-state index in [0.29, 0.717) is 53.2 Å². The highest BCUT2D eigenvalue weighted by molar-refractivity contribution is 7.22. The summed E-state index contributed by atoms with van der Waals surface area (Å²) in [4.78, 5) is 72.8. The summed E-state index contributed by atoms with van der Waals surface area (Å²) in [5.74, 6) is -5.44. The first kappa shape index (κ1) is 37.3. The first-order valence-corrected chi connectivity index (χ1v) is 20.6. The number of benzene rings is 3. The summed E-state index contributed by atoms with van der Waals surface area (Å²) >= 11 is 7.88. The van der Waals surface area contributed by atoms with Crippen molar-refractivity contribution in [3.05, 3.63) is 88.5 Å². The van der Waals surface area contributed by atoms with Gasteiger partial charge in [-0.15, -0.1) is 11.3 Å². The van der Waals surface area contributed by atoms with Crippen LogP contribution < -0.4 is 4.90 Å². The van der Waals surface area contributed by atoms with E-state index in [4.69, 9.17) is 21.8 Å². The highest BCUT2D eigenvalue weighted by Gasteiger charge is 2.68. The van der Waals surface area contributed by atoms with Crippen LogP contribution in [0.2, 0.25) is 5.02 Å². The number of phenolic OH excluding ortho intramolecular Hbond substituents is 1. The Hall–Kier alpha value is -5.33. The molecule has 6 atom stereocenters. The van der Waals surface area contributed by atoms with Gasteiger partial charge < -0.3 is 10.2 Å². The molecule has 2 aromatic heterocycles. The van der Waals surface area contributed by atoms with Gasteiger partial charge in [0.15, 0.2) is 0 Å². The van der Waals surface area contributed by atoms with Crippen LogP contribution in [0, 0.1) is 36.0 Å². The number of aromatic nitrogens is 2. The fourth-order valence-corrected chi connectivity index (χ4v) is 11.6. The number of amides is 4.